The molecule has 0 unspecified atom stereocenters. The van der Waals surface area contributed by atoms with Crippen LogP contribution < -0.4 is 10.1 Å². The predicted octanol–water partition coefficient (Wildman–Crippen LogP) is 4.87. The largest absolute Gasteiger partial charge is 0.496 e. The molecule has 1 N–H and O–H groups in total. The van der Waals surface area contributed by atoms with Gasteiger partial charge in [-0.3, -0.25) is 9.69 Å². The number of nitrogens with one attached hydrogen (secondary N) is 1. The second-order valence-electron chi connectivity index (χ2n) is 7.70. The van der Waals surface area contributed by atoms with E-state index < -0.39 is 0 Å². The van der Waals surface area contributed by atoms with E-state index in [1.54, 1.807) is 7.11 Å². The smallest absolute Gasteiger partial charge is 0.251 e. The minimum Gasteiger partial charge on any atom is -0.496 e. The maximum absolute atomic E-state index is 12.8. The number of benzene rings is 2. The molecule has 1 aliphatic rings. The van der Waals surface area contributed by atoms with Crippen LogP contribution in [0.1, 0.15) is 65.7 Å². The summed E-state index contributed by atoms with van der Waals surface area (Å²) in [5.74, 6) is 0.846. The Balaban J connectivity index is 1.63. The van der Waals surface area contributed by atoms with Gasteiger partial charge >= 0.3 is 0 Å². The average Bonchev–Trinajstić information content (AvgIpc) is 2.73. The number of hydrogen-bond donors (Lipinski definition) is 1. The van der Waals surface area contributed by atoms with Crippen molar-refractivity contribution in [2.75, 3.05) is 20.2 Å². The molecule has 4 nitrogen and oxygen atoms in total. The van der Waals surface area contributed by atoms with Gasteiger partial charge in [0.15, 0.2) is 0 Å². The van der Waals surface area contributed by atoms with E-state index in [1.807, 2.05) is 31.2 Å². The van der Waals surface area contributed by atoms with Gasteiger partial charge in [-0.05, 0) is 74.2 Å². The number of ether oxygens (including phenoxy) is 1. The molecular formula is C24H32N2O2. The highest BCUT2D eigenvalue weighted by Gasteiger charge is 2.16. The molecule has 1 amide bonds. The first-order valence-electron chi connectivity index (χ1n) is 10.4. The molecule has 150 valence electrons. The van der Waals surface area contributed by atoms with Gasteiger partial charge in [0.2, 0.25) is 0 Å². The lowest BCUT2D eigenvalue weighted by atomic mass is 10.0. The van der Waals surface area contributed by atoms with Crippen LogP contribution in [0.3, 0.4) is 0 Å². The molecule has 1 atom stereocenters. The normalized spacial score (nSPS) is 15.8. The summed E-state index contributed by atoms with van der Waals surface area (Å²) < 4.78 is 5.34. The summed E-state index contributed by atoms with van der Waals surface area (Å²) in [4.78, 5) is 15.2. The number of rotatable bonds is 7. The molecule has 2 aromatic carbocycles. The number of methoxy groups -OCH3 is 1. The summed E-state index contributed by atoms with van der Waals surface area (Å²) in [7, 11) is 1.68. The van der Waals surface area contributed by atoms with Crippen molar-refractivity contribution in [3.63, 3.8) is 0 Å². The van der Waals surface area contributed by atoms with Gasteiger partial charge in [-0.25, -0.2) is 0 Å². The summed E-state index contributed by atoms with van der Waals surface area (Å²) in [5.41, 5.74) is 4.17. The van der Waals surface area contributed by atoms with E-state index in [4.69, 9.17) is 4.74 Å². The summed E-state index contributed by atoms with van der Waals surface area (Å²) in [6.45, 7) is 7.46. The summed E-state index contributed by atoms with van der Waals surface area (Å²) in [6.07, 6.45) is 4.78. The first-order valence-corrected chi connectivity index (χ1v) is 10.4. The zero-order valence-corrected chi connectivity index (χ0v) is 17.3. The molecular weight excluding hydrogens is 348 g/mol. The predicted molar refractivity (Wildman–Crippen MR) is 114 cm³/mol. The van der Waals surface area contributed by atoms with Gasteiger partial charge in [-0.1, -0.05) is 37.6 Å². The van der Waals surface area contributed by atoms with Gasteiger partial charge in [0, 0.05) is 12.1 Å². The molecule has 1 aliphatic heterocycles. The molecule has 3 rings (SSSR count). The molecule has 2 aromatic rings. The minimum atomic E-state index is -0.0233. The summed E-state index contributed by atoms with van der Waals surface area (Å²) in [5, 5.41) is 3.17. The number of nitrogens with zero attached hydrogens (tertiary/aromatic N) is 1. The fraction of sp³-hybridized carbons (Fsp3) is 0.458. The third-order valence-electron chi connectivity index (χ3n) is 5.61. The van der Waals surface area contributed by atoms with Crippen molar-refractivity contribution >= 4 is 5.91 Å². The fourth-order valence-electron chi connectivity index (χ4n) is 3.92. The number of carbonyl (C=O) groups is 1. The number of piperidine rings is 1. The Morgan fingerprint density at radius 1 is 1.11 bits per heavy atom. The Bertz CT molecular complexity index is 780. The van der Waals surface area contributed by atoms with Gasteiger partial charge in [-0.2, -0.15) is 0 Å². The molecule has 0 aliphatic carbocycles. The van der Waals surface area contributed by atoms with Crippen molar-refractivity contribution in [2.24, 2.45) is 0 Å². The standard InChI is InChI=1S/C24H32N2O2/c1-4-22(21-12-13-23(28-3)18(2)16-21)25-24(27)20-10-8-19(9-11-20)17-26-14-6-5-7-15-26/h8-13,16,22H,4-7,14-15,17H2,1-3H3,(H,25,27)/t22-/m0/s1. The van der Waals surface area contributed by atoms with E-state index in [0.29, 0.717) is 5.56 Å². The summed E-state index contributed by atoms with van der Waals surface area (Å²) >= 11 is 0. The van der Waals surface area contributed by atoms with Crippen LogP contribution in [0.15, 0.2) is 42.5 Å². The number of amides is 1. The van der Waals surface area contributed by atoms with E-state index >= 15 is 0 Å². The average molecular weight is 381 g/mol. The third kappa shape index (κ3) is 5.14. The maximum Gasteiger partial charge on any atom is 0.251 e. The van der Waals surface area contributed by atoms with Crippen LogP contribution in [-0.4, -0.2) is 31.0 Å². The number of carbonyl (C=O) groups excluding carboxylic acids is 1. The van der Waals surface area contributed by atoms with Crippen LogP contribution >= 0.6 is 0 Å². The van der Waals surface area contributed by atoms with Crippen LogP contribution in [0.5, 0.6) is 5.75 Å². The second kappa shape index (κ2) is 9.74. The molecule has 4 heteroatoms. The fourth-order valence-corrected chi connectivity index (χ4v) is 3.92. The zero-order valence-electron chi connectivity index (χ0n) is 17.3. The lowest BCUT2D eigenvalue weighted by Crippen LogP contribution is -2.29. The lowest BCUT2D eigenvalue weighted by molar-refractivity contribution is 0.0935. The van der Waals surface area contributed by atoms with Crippen molar-refractivity contribution < 1.29 is 9.53 Å². The molecule has 1 heterocycles. The zero-order chi connectivity index (χ0) is 19.9. The number of likely N-dealkylation sites (tertiary alicyclic amines) is 1. The highest BCUT2D eigenvalue weighted by Crippen LogP contribution is 2.24. The minimum absolute atomic E-state index is 0.00914. The van der Waals surface area contributed by atoms with Gasteiger partial charge in [0.05, 0.1) is 13.2 Å². The van der Waals surface area contributed by atoms with E-state index in [-0.39, 0.29) is 11.9 Å². The van der Waals surface area contributed by atoms with E-state index in [0.717, 1.165) is 29.8 Å². The third-order valence-corrected chi connectivity index (χ3v) is 5.61. The number of aryl methyl sites for hydroxylation is 1. The Morgan fingerprint density at radius 3 is 2.43 bits per heavy atom. The molecule has 0 bridgehead atoms. The van der Waals surface area contributed by atoms with Crippen LogP contribution in [0, 0.1) is 6.92 Å². The van der Waals surface area contributed by atoms with Crippen LogP contribution in [0.25, 0.3) is 0 Å². The Morgan fingerprint density at radius 2 is 1.82 bits per heavy atom. The van der Waals surface area contributed by atoms with E-state index in [2.05, 4.69) is 35.3 Å². The van der Waals surface area contributed by atoms with E-state index in [9.17, 15) is 4.79 Å². The van der Waals surface area contributed by atoms with Crippen LogP contribution in [0.2, 0.25) is 0 Å². The van der Waals surface area contributed by atoms with Gasteiger partial charge < -0.3 is 10.1 Å². The monoisotopic (exact) mass is 380 g/mol. The van der Waals surface area contributed by atoms with Crippen molar-refractivity contribution in [3.05, 3.63) is 64.7 Å². The highest BCUT2D eigenvalue weighted by molar-refractivity contribution is 5.94. The van der Waals surface area contributed by atoms with Crippen LogP contribution in [-0.2, 0) is 6.54 Å². The van der Waals surface area contributed by atoms with Gasteiger partial charge in [-0.15, -0.1) is 0 Å². The Labute approximate surface area is 168 Å². The van der Waals surface area contributed by atoms with Crippen molar-refractivity contribution in [2.45, 2.75) is 52.1 Å². The maximum atomic E-state index is 12.8. The molecule has 1 fully saturated rings. The molecule has 0 aromatic heterocycles. The van der Waals surface area contributed by atoms with Crippen molar-refractivity contribution in [1.29, 1.82) is 0 Å². The molecule has 0 saturated carbocycles. The molecule has 0 spiro atoms. The molecule has 0 radical (unpaired) electrons. The van der Waals surface area contributed by atoms with Gasteiger partial charge in [0.1, 0.15) is 5.75 Å². The molecule has 1 saturated heterocycles. The quantitative estimate of drug-likeness (QED) is 0.745. The van der Waals surface area contributed by atoms with Gasteiger partial charge in [0.25, 0.3) is 5.91 Å². The van der Waals surface area contributed by atoms with Crippen LogP contribution in [0.4, 0.5) is 0 Å². The summed E-state index contributed by atoms with van der Waals surface area (Å²) in [6, 6.07) is 14.1. The Kier molecular flexibility index (Phi) is 7.10. The Hall–Kier alpha value is -2.33. The lowest BCUT2D eigenvalue weighted by Gasteiger charge is -2.26. The number of hydrogen-bond acceptors (Lipinski definition) is 3. The van der Waals surface area contributed by atoms with E-state index in [1.165, 1.54) is 37.9 Å². The van der Waals surface area contributed by atoms with Crippen molar-refractivity contribution in [3.8, 4) is 5.75 Å². The van der Waals surface area contributed by atoms with Crippen molar-refractivity contribution in [1.82, 2.24) is 10.2 Å². The molecule has 28 heavy (non-hydrogen) atoms. The SMILES string of the molecule is CC[C@H](NC(=O)c1ccc(CN2CCCCC2)cc1)c1ccc(OC)c(C)c1. The second-order valence-corrected chi connectivity index (χ2v) is 7.70. The first-order chi connectivity index (χ1) is 13.6. The highest BCUT2D eigenvalue weighted by atomic mass is 16.5. The first kappa shape index (κ1) is 20.4. The topological polar surface area (TPSA) is 41.6 Å².